The first-order valence-corrected chi connectivity index (χ1v) is 10.5. The Bertz CT molecular complexity index is 1290. The van der Waals surface area contributed by atoms with Crippen LogP contribution in [-0.2, 0) is 0 Å². The van der Waals surface area contributed by atoms with Crippen molar-refractivity contribution >= 4 is 22.6 Å². The number of nitrogens with zero attached hydrogens (tertiary/aromatic N) is 3. The fourth-order valence-corrected chi connectivity index (χ4v) is 4.27. The van der Waals surface area contributed by atoms with E-state index in [-0.39, 0.29) is 30.5 Å². The highest BCUT2D eigenvalue weighted by Gasteiger charge is 2.33. The molecule has 1 fully saturated rings. The number of carbonyl (C=O) groups is 1. The number of anilines is 1. The number of alkyl halides is 2. The number of fused-ring (bicyclic) bond motifs is 1. The molecule has 168 valence electrons. The van der Waals surface area contributed by atoms with Gasteiger partial charge in [-0.3, -0.25) is 14.6 Å². The minimum atomic E-state index is -2.70. The summed E-state index contributed by atoms with van der Waals surface area (Å²) in [7, 11) is 0. The van der Waals surface area contributed by atoms with Gasteiger partial charge in [-0.25, -0.2) is 13.8 Å². The van der Waals surface area contributed by atoms with E-state index < -0.39 is 17.3 Å². The number of H-pyrrole nitrogens is 1. The Balaban J connectivity index is 1.94. The van der Waals surface area contributed by atoms with Gasteiger partial charge in [0.15, 0.2) is 5.43 Å². The molecule has 3 aromatic heterocycles. The highest BCUT2D eigenvalue weighted by Crippen LogP contribution is 2.37. The summed E-state index contributed by atoms with van der Waals surface area (Å²) >= 11 is 0. The number of hydrogen-bond acceptors (Lipinski definition) is 5. The van der Waals surface area contributed by atoms with Crippen LogP contribution in [0, 0.1) is 20.8 Å². The molecule has 0 saturated carbocycles. The first kappa shape index (κ1) is 21.9. The minimum Gasteiger partial charge on any atom is -0.364 e. The van der Waals surface area contributed by atoms with Crippen LogP contribution in [-0.4, -0.2) is 39.9 Å². The summed E-state index contributed by atoms with van der Waals surface area (Å²) in [5, 5.41) is 0.120. The lowest BCUT2D eigenvalue weighted by molar-refractivity contribution is -0.0102. The largest absolute Gasteiger partial charge is 0.364 e. The zero-order valence-electron chi connectivity index (χ0n) is 18.3. The number of halogens is 2. The van der Waals surface area contributed by atoms with Crippen LogP contribution >= 0.6 is 0 Å². The number of aryl methyl sites for hydroxylation is 1. The lowest BCUT2D eigenvalue weighted by Gasteiger charge is -2.27. The summed E-state index contributed by atoms with van der Waals surface area (Å²) in [4.78, 5) is 38.5. The molecule has 4 rings (SSSR count). The van der Waals surface area contributed by atoms with Crippen LogP contribution in [0.2, 0.25) is 0 Å². The standard InChI is InChI=1S/C23H25F2N5O2/c1-12-13(2)18(22(28-14(12)3)30-9-4-6-23(24,25)7-10-30)16-11-17(31)19-15(29-16)5-8-27-20(19)21(26)32/h5,8,11H,4,6-7,9-10H2,1-3H3,(H2,26,32)(H,29,31). The van der Waals surface area contributed by atoms with Crippen LogP contribution in [0.4, 0.5) is 14.6 Å². The van der Waals surface area contributed by atoms with Gasteiger partial charge >= 0.3 is 0 Å². The van der Waals surface area contributed by atoms with E-state index in [9.17, 15) is 18.4 Å². The molecule has 4 heterocycles. The Labute approximate surface area is 183 Å². The summed E-state index contributed by atoms with van der Waals surface area (Å²) in [5.41, 5.74) is 9.17. The van der Waals surface area contributed by atoms with Crippen molar-refractivity contribution in [3.8, 4) is 11.3 Å². The van der Waals surface area contributed by atoms with Gasteiger partial charge in [-0.1, -0.05) is 0 Å². The molecular formula is C23H25F2N5O2. The number of primary amides is 1. The molecule has 9 heteroatoms. The third-order valence-electron chi connectivity index (χ3n) is 6.24. The van der Waals surface area contributed by atoms with E-state index >= 15 is 0 Å². The second-order valence-corrected chi connectivity index (χ2v) is 8.34. The van der Waals surface area contributed by atoms with Crippen molar-refractivity contribution < 1.29 is 13.6 Å². The number of nitrogens with one attached hydrogen (secondary N) is 1. The average molecular weight is 441 g/mol. The number of rotatable bonds is 3. The molecule has 1 amide bonds. The topological polar surface area (TPSA) is 105 Å². The highest BCUT2D eigenvalue weighted by atomic mass is 19.3. The monoisotopic (exact) mass is 441 g/mol. The molecule has 0 radical (unpaired) electrons. The third kappa shape index (κ3) is 3.83. The molecule has 7 nitrogen and oxygen atoms in total. The van der Waals surface area contributed by atoms with E-state index in [2.05, 4.69) is 9.97 Å². The van der Waals surface area contributed by atoms with E-state index in [1.54, 1.807) is 6.07 Å². The lowest BCUT2D eigenvalue weighted by atomic mass is 9.98. The molecule has 1 saturated heterocycles. The van der Waals surface area contributed by atoms with Crippen LogP contribution in [0.3, 0.4) is 0 Å². The molecule has 3 aromatic rings. The van der Waals surface area contributed by atoms with E-state index in [1.807, 2.05) is 25.7 Å². The summed E-state index contributed by atoms with van der Waals surface area (Å²) in [6.45, 7) is 6.37. The normalized spacial score (nSPS) is 16.2. The van der Waals surface area contributed by atoms with E-state index in [0.29, 0.717) is 35.6 Å². The van der Waals surface area contributed by atoms with Crippen molar-refractivity contribution in [3.05, 3.63) is 51.1 Å². The van der Waals surface area contributed by atoms with Gasteiger partial charge in [0.2, 0.25) is 5.92 Å². The van der Waals surface area contributed by atoms with Crippen molar-refractivity contribution in [1.82, 2.24) is 15.0 Å². The Morgan fingerprint density at radius 1 is 1.19 bits per heavy atom. The van der Waals surface area contributed by atoms with Crippen LogP contribution < -0.4 is 16.1 Å². The van der Waals surface area contributed by atoms with Crippen molar-refractivity contribution in [2.75, 3.05) is 18.0 Å². The van der Waals surface area contributed by atoms with E-state index in [0.717, 1.165) is 16.8 Å². The summed E-state index contributed by atoms with van der Waals surface area (Å²) in [5.74, 6) is -2.91. The third-order valence-corrected chi connectivity index (χ3v) is 6.24. The van der Waals surface area contributed by atoms with Gasteiger partial charge in [-0.2, -0.15) is 0 Å². The first-order chi connectivity index (χ1) is 15.1. The van der Waals surface area contributed by atoms with Gasteiger partial charge in [0.25, 0.3) is 5.91 Å². The van der Waals surface area contributed by atoms with E-state index in [1.165, 1.54) is 12.3 Å². The summed E-state index contributed by atoms with van der Waals surface area (Å²) in [6, 6.07) is 2.99. The molecule has 1 aliphatic rings. The summed E-state index contributed by atoms with van der Waals surface area (Å²) in [6.07, 6.45) is 1.35. The quantitative estimate of drug-likeness (QED) is 0.646. The number of nitrogens with two attached hydrogens (primary N) is 1. The number of pyridine rings is 3. The summed E-state index contributed by atoms with van der Waals surface area (Å²) < 4.78 is 28.0. The molecule has 0 aromatic carbocycles. The minimum absolute atomic E-state index is 0.0970. The molecule has 0 aliphatic carbocycles. The van der Waals surface area contributed by atoms with Crippen LogP contribution in [0.25, 0.3) is 22.2 Å². The van der Waals surface area contributed by atoms with Crippen molar-refractivity contribution in [2.45, 2.75) is 46.0 Å². The number of amides is 1. The van der Waals surface area contributed by atoms with Gasteiger partial charge < -0.3 is 15.6 Å². The molecule has 0 unspecified atom stereocenters. The average Bonchev–Trinajstić information content (AvgIpc) is 2.91. The fourth-order valence-electron chi connectivity index (χ4n) is 4.27. The van der Waals surface area contributed by atoms with E-state index in [4.69, 9.17) is 10.7 Å². The van der Waals surface area contributed by atoms with Crippen molar-refractivity contribution in [3.63, 3.8) is 0 Å². The molecule has 0 atom stereocenters. The number of aromatic nitrogens is 3. The zero-order chi connectivity index (χ0) is 23.2. The van der Waals surface area contributed by atoms with Gasteiger partial charge in [0, 0.05) is 49.5 Å². The van der Waals surface area contributed by atoms with Crippen molar-refractivity contribution in [1.29, 1.82) is 0 Å². The fraction of sp³-hybridized carbons (Fsp3) is 0.391. The second-order valence-electron chi connectivity index (χ2n) is 8.34. The molecule has 3 N–H and O–H groups in total. The maximum Gasteiger partial charge on any atom is 0.268 e. The lowest BCUT2D eigenvalue weighted by Crippen LogP contribution is -2.28. The van der Waals surface area contributed by atoms with Crippen LogP contribution in [0.5, 0.6) is 0 Å². The Morgan fingerprint density at radius 3 is 2.66 bits per heavy atom. The number of carbonyl (C=O) groups excluding carboxylic acids is 1. The maximum absolute atomic E-state index is 14.0. The SMILES string of the molecule is Cc1nc(N2CCCC(F)(F)CC2)c(-c2cc(=O)c3c(C(N)=O)nccc3[nH]2)c(C)c1C. The molecule has 1 aliphatic heterocycles. The predicted octanol–water partition coefficient (Wildman–Crippen LogP) is 3.63. The van der Waals surface area contributed by atoms with Crippen LogP contribution in [0.15, 0.2) is 23.1 Å². The van der Waals surface area contributed by atoms with Crippen LogP contribution in [0.1, 0.15) is 46.6 Å². The van der Waals surface area contributed by atoms with Gasteiger partial charge in [0.05, 0.1) is 16.6 Å². The number of aromatic amines is 1. The molecule has 32 heavy (non-hydrogen) atoms. The molecule has 0 spiro atoms. The number of hydrogen-bond donors (Lipinski definition) is 2. The predicted molar refractivity (Wildman–Crippen MR) is 119 cm³/mol. The molecule has 0 bridgehead atoms. The smallest absolute Gasteiger partial charge is 0.268 e. The van der Waals surface area contributed by atoms with Crippen molar-refractivity contribution in [2.24, 2.45) is 5.73 Å². The Kier molecular flexibility index (Phi) is 5.44. The second kappa shape index (κ2) is 7.96. The van der Waals surface area contributed by atoms with Gasteiger partial charge in [-0.15, -0.1) is 0 Å². The first-order valence-electron chi connectivity index (χ1n) is 10.5. The maximum atomic E-state index is 14.0. The molecular weight excluding hydrogens is 416 g/mol. The highest BCUT2D eigenvalue weighted by molar-refractivity contribution is 6.03. The Morgan fingerprint density at radius 2 is 1.94 bits per heavy atom. The zero-order valence-corrected chi connectivity index (χ0v) is 18.3. The van der Waals surface area contributed by atoms with Gasteiger partial charge in [-0.05, 0) is 44.4 Å². The van der Waals surface area contributed by atoms with Gasteiger partial charge in [0.1, 0.15) is 11.5 Å². The Hall–Kier alpha value is -3.36.